The van der Waals surface area contributed by atoms with Crippen LogP contribution in [0.2, 0.25) is 0 Å². The second kappa shape index (κ2) is 5.84. The number of hydrogen-bond acceptors (Lipinski definition) is 4. The minimum absolute atomic E-state index is 0.0644. The molecule has 6 nitrogen and oxygen atoms in total. The molecule has 0 amide bonds. The summed E-state index contributed by atoms with van der Waals surface area (Å²) in [4.78, 5) is 11.2. The standard InChI is InChI=1S/C14H16N2O4S/c15-9-14(6-7-14)10-21(19,20)16-12(13(17)18)8-11-4-2-1-3-5-11/h1-5,12,16H,6-8,10H2,(H,17,18)/t12-/m0/s1. The van der Waals surface area contributed by atoms with Gasteiger partial charge < -0.3 is 5.11 Å². The Labute approximate surface area is 123 Å². The lowest BCUT2D eigenvalue weighted by molar-refractivity contribution is -0.138. The van der Waals surface area contributed by atoms with E-state index in [1.54, 1.807) is 30.3 Å². The number of carboxylic acid groups (broad SMARTS) is 1. The Bertz CT molecular complexity index is 660. The van der Waals surface area contributed by atoms with E-state index in [0.29, 0.717) is 12.8 Å². The number of nitrogens with one attached hydrogen (secondary N) is 1. The van der Waals surface area contributed by atoms with Crippen LogP contribution in [0, 0.1) is 16.7 Å². The normalized spacial score (nSPS) is 17.7. The number of rotatable bonds is 7. The monoisotopic (exact) mass is 308 g/mol. The van der Waals surface area contributed by atoms with Gasteiger partial charge in [-0.3, -0.25) is 4.79 Å². The smallest absolute Gasteiger partial charge is 0.322 e. The van der Waals surface area contributed by atoms with E-state index in [1.807, 2.05) is 6.07 Å². The van der Waals surface area contributed by atoms with Crippen molar-refractivity contribution in [2.24, 2.45) is 5.41 Å². The van der Waals surface area contributed by atoms with Gasteiger partial charge in [0.15, 0.2) is 0 Å². The van der Waals surface area contributed by atoms with Crippen LogP contribution in [0.15, 0.2) is 30.3 Å². The molecule has 0 heterocycles. The number of nitriles is 1. The molecule has 0 saturated heterocycles. The number of aliphatic carboxylic acids is 1. The molecule has 0 aromatic heterocycles. The van der Waals surface area contributed by atoms with Crippen molar-refractivity contribution in [3.8, 4) is 6.07 Å². The van der Waals surface area contributed by atoms with E-state index in [0.717, 1.165) is 5.56 Å². The molecule has 1 aliphatic carbocycles. The fourth-order valence-electron chi connectivity index (χ4n) is 2.09. The van der Waals surface area contributed by atoms with Crippen molar-refractivity contribution < 1.29 is 18.3 Å². The molecule has 0 radical (unpaired) electrons. The predicted molar refractivity (Wildman–Crippen MR) is 75.8 cm³/mol. The third-order valence-corrected chi connectivity index (χ3v) is 5.04. The third-order valence-electron chi connectivity index (χ3n) is 3.46. The largest absolute Gasteiger partial charge is 0.480 e. The van der Waals surface area contributed by atoms with Crippen LogP contribution in [-0.2, 0) is 21.2 Å². The van der Waals surface area contributed by atoms with E-state index < -0.39 is 27.4 Å². The zero-order valence-electron chi connectivity index (χ0n) is 11.3. The molecular weight excluding hydrogens is 292 g/mol. The Hall–Kier alpha value is -1.91. The molecule has 0 unspecified atom stereocenters. The van der Waals surface area contributed by atoms with Gasteiger partial charge in [-0.1, -0.05) is 30.3 Å². The first-order valence-corrected chi connectivity index (χ1v) is 8.19. The van der Waals surface area contributed by atoms with E-state index in [4.69, 9.17) is 5.26 Å². The molecule has 2 N–H and O–H groups in total. The lowest BCUT2D eigenvalue weighted by atomic mass is 10.1. The van der Waals surface area contributed by atoms with Gasteiger partial charge in [0.2, 0.25) is 10.0 Å². The van der Waals surface area contributed by atoms with Gasteiger partial charge >= 0.3 is 5.97 Å². The average molecular weight is 308 g/mol. The van der Waals surface area contributed by atoms with Gasteiger partial charge in [0.1, 0.15) is 6.04 Å². The molecule has 112 valence electrons. The number of carboxylic acids is 1. The molecule has 7 heteroatoms. The molecule has 1 saturated carbocycles. The molecular formula is C14H16N2O4S. The number of hydrogen-bond donors (Lipinski definition) is 2. The first-order chi connectivity index (χ1) is 9.86. The summed E-state index contributed by atoms with van der Waals surface area (Å²) >= 11 is 0. The maximum Gasteiger partial charge on any atom is 0.322 e. The summed E-state index contributed by atoms with van der Waals surface area (Å²) in [5.41, 5.74) is -0.101. The van der Waals surface area contributed by atoms with Crippen LogP contribution in [0.5, 0.6) is 0 Å². The highest BCUT2D eigenvalue weighted by molar-refractivity contribution is 7.89. The Morgan fingerprint density at radius 2 is 2.00 bits per heavy atom. The highest BCUT2D eigenvalue weighted by Crippen LogP contribution is 2.45. The first kappa shape index (κ1) is 15.5. The molecule has 2 rings (SSSR count). The Morgan fingerprint density at radius 1 is 1.38 bits per heavy atom. The zero-order valence-corrected chi connectivity index (χ0v) is 12.1. The lowest BCUT2D eigenvalue weighted by Gasteiger charge is -2.16. The fourth-order valence-corrected chi connectivity index (χ4v) is 3.87. The molecule has 1 aromatic carbocycles. The van der Waals surface area contributed by atoms with Crippen LogP contribution in [0.25, 0.3) is 0 Å². The second-order valence-electron chi connectivity index (χ2n) is 5.35. The summed E-state index contributed by atoms with van der Waals surface area (Å²) in [6.07, 6.45) is 1.15. The van der Waals surface area contributed by atoms with E-state index >= 15 is 0 Å². The van der Waals surface area contributed by atoms with Gasteiger partial charge in [-0.05, 0) is 24.8 Å². The molecule has 1 fully saturated rings. The molecule has 0 spiro atoms. The van der Waals surface area contributed by atoms with Gasteiger partial charge in [-0.15, -0.1) is 0 Å². The van der Waals surface area contributed by atoms with Crippen molar-refractivity contribution in [3.05, 3.63) is 35.9 Å². The van der Waals surface area contributed by atoms with Crippen molar-refractivity contribution in [3.63, 3.8) is 0 Å². The minimum atomic E-state index is -3.81. The van der Waals surface area contributed by atoms with Crippen LogP contribution in [0.4, 0.5) is 0 Å². The first-order valence-electron chi connectivity index (χ1n) is 6.54. The van der Waals surface area contributed by atoms with Crippen LogP contribution >= 0.6 is 0 Å². The van der Waals surface area contributed by atoms with Gasteiger partial charge in [-0.25, -0.2) is 13.1 Å². The summed E-state index contributed by atoms with van der Waals surface area (Å²) in [5.74, 6) is -1.57. The number of nitrogens with zero attached hydrogens (tertiary/aromatic N) is 1. The summed E-state index contributed by atoms with van der Waals surface area (Å²) < 4.78 is 26.2. The average Bonchev–Trinajstić information content (AvgIpc) is 3.18. The third kappa shape index (κ3) is 4.28. The topological polar surface area (TPSA) is 107 Å². The Kier molecular flexibility index (Phi) is 4.30. The van der Waals surface area contributed by atoms with Gasteiger partial charge in [0.25, 0.3) is 0 Å². The second-order valence-corrected chi connectivity index (χ2v) is 7.10. The molecule has 21 heavy (non-hydrogen) atoms. The Morgan fingerprint density at radius 3 is 2.48 bits per heavy atom. The van der Waals surface area contributed by atoms with Crippen LogP contribution in [0.3, 0.4) is 0 Å². The van der Waals surface area contributed by atoms with E-state index in [1.165, 1.54) is 0 Å². The SMILES string of the molecule is N#CC1(CS(=O)(=O)N[C@@H](Cc2ccccc2)C(=O)O)CC1. The van der Waals surface area contributed by atoms with Gasteiger partial charge in [-0.2, -0.15) is 5.26 Å². The van der Waals surface area contributed by atoms with Crippen LogP contribution in [-0.4, -0.2) is 31.3 Å². The van der Waals surface area contributed by atoms with E-state index in [-0.39, 0.29) is 12.2 Å². The Balaban J connectivity index is 2.06. The van der Waals surface area contributed by atoms with Crippen molar-refractivity contribution in [2.75, 3.05) is 5.75 Å². The summed E-state index contributed by atoms with van der Waals surface area (Å²) in [6, 6.07) is 9.56. The highest BCUT2D eigenvalue weighted by Gasteiger charge is 2.47. The van der Waals surface area contributed by atoms with E-state index in [2.05, 4.69) is 4.72 Å². The van der Waals surface area contributed by atoms with E-state index in [9.17, 15) is 18.3 Å². The van der Waals surface area contributed by atoms with Crippen LogP contribution in [0.1, 0.15) is 18.4 Å². The molecule has 1 atom stereocenters. The summed E-state index contributed by atoms with van der Waals surface area (Å²) in [5, 5.41) is 18.1. The predicted octanol–water partition coefficient (Wildman–Crippen LogP) is 0.905. The quantitative estimate of drug-likeness (QED) is 0.778. The van der Waals surface area contributed by atoms with Crippen molar-refractivity contribution >= 4 is 16.0 Å². The fraction of sp³-hybridized carbons (Fsp3) is 0.429. The summed E-state index contributed by atoms with van der Waals surface area (Å²) in [6.45, 7) is 0. The van der Waals surface area contributed by atoms with Crippen molar-refractivity contribution in [2.45, 2.75) is 25.3 Å². The maximum atomic E-state index is 12.0. The highest BCUT2D eigenvalue weighted by atomic mass is 32.2. The van der Waals surface area contributed by atoms with Crippen molar-refractivity contribution in [1.82, 2.24) is 4.72 Å². The molecule has 1 aliphatic rings. The minimum Gasteiger partial charge on any atom is -0.480 e. The van der Waals surface area contributed by atoms with Crippen molar-refractivity contribution in [1.29, 1.82) is 5.26 Å². The zero-order chi connectivity index (χ0) is 15.5. The number of benzene rings is 1. The molecule has 0 bridgehead atoms. The molecule has 0 aliphatic heterocycles. The van der Waals surface area contributed by atoms with Gasteiger partial charge in [0.05, 0.1) is 17.2 Å². The summed E-state index contributed by atoms with van der Waals surface area (Å²) in [7, 11) is -3.81. The maximum absolute atomic E-state index is 12.0. The lowest BCUT2D eigenvalue weighted by Crippen LogP contribution is -2.44. The number of carbonyl (C=O) groups is 1. The van der Waals surface area contributed by atoms with Crippen LogP contribution < -0.4 is 4.72 Å². The number of sulfonamides is 1. The molecule has 1 aromatic rings. The van der Waals surface area contributed by atoms with Gasteiger partial charge in [0, 0.05) is 0 Å².